The molecule has 0 amide bonds. The summed E-state index contributed by atoms with van der Waals surface area (Å²) in [7, 11) is 9.53. The van der Waals surface area contributed by atoms with Gasteiger partial charge in [0.1, 0.15) is 0 Å². The Morgan fingerprint density at radius 3 is 0.636 bits per heavy atom. The van der Waals surface area contributed by atoms with Gasteiger partial charge in [-0.25, -0.2) is 0 Å². The van der Waals surface area contributed by atoms with Gasteiger partial charge in [-0.3, -0.25) is 0 Å². The number of hydrogen-bond donors (Lipinski definition) is 0. The normalized spacial score (nSPS) is 2.73. The summed E-state index contributed by atoms with van der Waals surface area (Å²) in [5.41, 5.74) is 0. The van der Waals surface area contributed by atoms with Crippen LogP contribution >= 0.6 is 20.2 Å². The molecule has 0 rings (SSSR count). The van der Waals surface area contributed by atoms with Crippen molar-refractivity contribution in [2.24, 2.45) is 0 Å². The third kappa shape index (κ3) is 510. The number of nitrogens with zero attached hydrogens (tertiary/aromatic N) is 4. The molecule has 0 aromatic carbocycles. The third-order valence-corrected chi connectivity index (χ3v) is 0. The molecule has 0 saturated carbocycles. The van der Waals surface area contributed by atoms with E-state index in [1.165, 1.54) is 0 Å². The Morgan fingerprint density at radius 2 is 0.636 bits per heavy atom. The van der Waals surface area contributed by atoms with Crippen LogP contribution in [0.5, 0.6) is 0 Å². The van der Waals surface area contributed by atoms with Gasteiger partial charge >= 0.3 is 33.3 Å². The van der Waals surface area contributed by atoms with E-state index in [0.717, 1.165) is 0 Å². The van der Waals surface area contributed by atoms with Crippen molar-refractivity contribution in [2.75, 3.05) is 0 Å². The average molecular weight is 231 g/mol. The van der Waals surface area contributed by atoms with Crippen molar-refractivity contribution in [1.82, 2.24) is 0 Å². The van der Waals surface area contributed by atoms with Gasteiger partial charge in [-0.1, -0.05) is 0 Å². The molecule has 0 bridgehead atoms. The molecule has 0 unspecified atom stereocenters. The molecule has 0 heterocycles. The second kappa shape index (κ2) is 166000. The molecule has 0 aromatic heterocycles. The van der Waals surface area contributed by atoms with Gasteiger partial charge in [-0.2, -0.15) is 0 Å². The summed E-state index contributed by atoms with van der Waals surface area (Å²) in [4.78, 5) is 0. The van der Waals surface area contributed by atoms with Gasteiger partial charge in [0.05, 0.1) is 0 Å². The van der Waals surface area contributed by atoms with E-state index >= 15 is 0 Å². The first-order chi connectivity index (χ1) is 5.41. The van der Waals surface area contributed by atoms with E-state index in [2.05, 4.69) is 0 Å². The molecule has 11 heavy (non-hydrogen) atoms. The van der Waals surface area contributed by atoms with E-state index in [4.69, 9.17) is 67.5 Å². The van der Waals surface area contributed by atoms with Crippen LogP contribution in [0.3, 0.4) is 0 Å². The van der Waals surface area contributed by atoms with Crippen LogP contribution in [0, 0.1) is 47.3 Å². The van der Waals surface area contributed by atoms with Crippen LogP contribution < -0.4 is 0 Å². The molecular formula is C4Cl2FeN4-4. The number of hydrogen-bond acceptors (Lipinski definition) is 4. The fourth-order valence-corrected chi connectivity index (χ4v) is 0. The molecular weight excluding hydrogens is 231 g/mol. The van der Waals surface area contributed by atoms with Crippen molar-refractivity contribution in [3.63, 3.8) is 0 Å². The Kier molecular flexibility index (Phi) is 488000. The van der Waals surface area contributed by atoms with Crippen LogP contribution in [0.2, 0.25) is 0 Å². The molecule has 0 atom stereocenters. The van der Waals surface area contributed by atoms with Crippen molar-refractivity contribution in [1.29, 1.82) is 21.0 Å². The monoisotopic (exact) mass is 230 g/mol. The summed E-state index contributed by atoms with van der Waals surface area (Å²) < 4.78 is 0. The Morgan fingerprint density at radius 1 is 0.636 bits per heavy atom. The van der Waals surface area contributed by atoms with Crippen LogP contribution in [0.4, 0.5) is 0 Å². The molecule has 0 aliphatic heterocycles. The minimum absolute atomic E-state index is 0.194. The van der Waals surface area contributed by atoms with E-state index in [-0.39, 0.29) is 13.1 Å². The van der Waals surface area contributed by atoms with Gasteiger partial charge in [0.2, 0.25) is 0 Å². The molecule has 0 spiro atoms. The molecule has 0 aliphatic carbocycles. The second-order valence-electron chi connectivity index (χ2n) is 0.0505. The van der Waals surface area contributed by atoms with Crippen LogP contribution in [-0.4, -0.2) is 0 Å². The van der Waals surface area contributed by atoms with Crippen molar-refractivity contribution >= 4 is 20.2 Å². The third-order valence-electron chi connectivity index (χ3n) is 0. The van der Waals surface area contributed by atoms with Crippen LogP contribution in [0.1, 0.15) is 0 Å². The van der Waals surface area contributed by atoms with Crippen molar-refractivity contribution in [2.45, 2.75) is 0 Å². The topological polar surface area (TPSA) is 95.2 Å². The van der Waals surface area contributed by atoms with Crippen molar-refractivity contribution < 1.29 is 13.1 Å². The van der Waals surface area contributed by atoms with Gasteiger partial charge < -0.3 is 47.3 Å². The van der Waals surface area contributed by atoms with Crippen molar-refractivity contribution in [3.8, 4) is 0 Å². The SMILES string of the molecule is [C-]#N.[C-]#N.[C-]#N.[C-]#N.[Cl][Fe][Cl]. The Labute approximate surface area is 80.8 Å². The molecule has 62 valence electrons. The fraction of sp³-hybridized carbons (Fsp3) is 0. The van der Waals surface area contributed by atoms with Gasteiger partial charge in [0, 0.05) is 0 Å². The number of rotatable bonds is 0. The van der Waals surface area contributed by atoms with E-state index in [0.29, 0.717) is 0 Å². The molecule has 0 N–H and O–H groups in total. The molecule has 7 heteroatoms. The van der Waals surface area contributed by atoms with Gasteiger partial charge in [-0.05, 0) is 0 Å². The second-order valence-corrected chi connectivity index (χ2v) is 1.87. The molecule has 0 saturated heterocycles. The Balaban J connectivity index is -0.0000000139. The van der Waals surface area contributed by atoms with Gasteiger partial charge in [0.15, 0.2) is 0 Å². The first-order valence-electron chi connectivity index (χ1n) is 1.16. The quantitative estimate of drug-likeness (QED) is 0.468. The van der Waals surface area contributed by atoms with E-state index < -0.39 is 0 Å². The van der Waals surface area contributed by atoms with Crippen molar-refractivity contribution in [3.05, 3.63) is 26.3 Å². The van der Waals surface area contributed by atoms with E-state index in [9.17, 15) is 0 Å². The van der Waals surface area contributed by atoms with Crippen LogP contribution in [-0.2, 0) is 13.1 Å². The van der Waals surface area contributed by atoms with Crippen LogP contribution in [0.25, 0.3) is 0 Å². The van der Waals surface area contributed by atoms with Gasteiger partial charge in [-0.15, -0.1) is 0 Å². The predicted molar refractivity (Wildman–Crippen MR) is 31.6 cm³/mol. The Hall–Kier alpha value is -0.941. The number of halogens is 2. The molecule has 0 fully saturated rings. The molecule has 4 nitrogen and oxygen atoms in total. The first-order valence-corrected chi connectivity index (χ1v) is 4.20. The van der Waals surface area contributed by atoms with E-state index in [1.807, 2.05) is 0 Å². The summed E-state index contributed by atoms with van der Waals surface area (Å²) in [5.74, 6) is 0. The minimum atomic E-state index is 0.194. The predicted octanol–water partition coefficient (Wildman–Crippen LogP) is 1.76. The van der Waals surface area contributed by atoms with Gasteiger partial charge in [0.25, 0.3) is 0 Å². The average Bonchev–Trinajstić information content (AvgIpc) is 2.18. The maximum atomic E-state index is 6.25. The summed E-state index contributed by atoms with van der Waals surface area (Å²) >= 11 is 0.194. The molecule has 0 aromatic rings. The summed E-state index contributed by atoms with van der Waals surface area (Å²) in [6, 6.07) is 0. The molecule has 0 aliphatic rings. The molecule has 0 radical (unpaired) electrons. The standard InChI is InChI=1S/4CN.2ClH.Fe/c4*1-2;;;/h;;;;2*1H;/q4*-1;;;+2/p-2. The first kappa shape index (κ1) is 32.3. The van der Waals surface area contributed by atoms with Crippen LogP contribution in [0.15, 0.2) is 0 Å². The van der Waals surface area contributed by atoms with E-state index in [1.54, 1.807) is 0 Å². The zero-order valence-corrected chi connectivity index (χ0v) is 7.51. The summed E-state index contributed by atoms with van der Waals surface area (Å²) in [5, 5.41) is 25.0. The zero-order valence-electron chi connectivity index (χ0n) is 4.90. The summed E-state index contributed by atoms with van der Waals surface area (Å²) in [6.45, 7) is 19.0. The zero-order chi connectivity index (χ0) is 10.7. The Bertz CT molecular complexity index is 73.2. The summed E-state index contributed by atoms with van der Waals surface area (Å²) in [6.07, 6.45) is 0. The maximum absolute atomic E-state index is 6.25. The fourth-order valence-electron chi connectivity index (χ4n) is 0.